The minimum Gasteiger partial charge on any atom is -0.286 e. The van der Waals surface area contributed by atoms with Gasteiger partial charge in [-0.25, -0.2) is 0 Å². The molecule has 16 heteroatoms. The lowest BCUT2D eigenvalue weighted by Gasteiger charge is -1.95. The topological polar surface area (TPSA) is 217 Å². The van der Waals surface area contributed by atoms with Crippen molar-refractivity contribution in [2.24, 2.45) is 0 Å². The number of rotatable bonds is 3. The molecule has 0 heterocycles. The highest BCUT2D eigenvalue weighted by Crippen LogP contribution is 2.08. The van der Waals surface area contributed by atoms with E-state index in [4.69, 9.17) is 18.2 Å². The molecular weight excluding hydrogens is 512 g/mol. The van der Waals surface area contributed by atoms with Crippen LogP contribution in [0.5, 0.6) is 0 Å². The third-order valence-corrected chi connectivity index (χ3v) is 4.08. The van der Waals surface area contributed by atoms with E-state index in [2.05, 4.69) is 0 Å². The van der Waals surface area contributed by atoms with Crippen molar-refractivity contribution in [2.75, 3.05) is 12.5 Å². The summed E-state index contributed by atoms with van der Waals surface area (Å²) in [5.74, 6) is -0.312. The van der Waals surface area contributed by atoms with E-state index in [1.165, 1.54) is 12.1 Å². The molecule has 0 bridgehead atoms. The second-order valence-corrected chi connectivity index (χ2v) is 11.8. The second-order valence-electron chi connectivity index (χ2n) is 5.97. The lowest BCUT2D eigenvalue weighted by Crippen LogP contribution is -2.00. The van der Waals surface area contributed by atoms with Gasteiger partial charge in [-0.3, -0.25) is 18.2 Å². The predicted molar refractivity (Wildman–Crippen MR) is 118 cm³/mol. The van der Waals surface area contributed by atoms with Crippen LogP contribution < -0.4 is 0 Å². The molecule has 12 nitrogen and oxygen atoms in total. The second kappa shape index (κ2) is 13.6. The SMILES string of the molecule is CS(=O)(=O)O.CS(=O)(=O)O.Cc1ccc(S(=O)(=O)O)cc1.O=S(=O)(O)Cc1ccccc1. The first kappa shape index (κ1) is 32.3. The van der Waals surface area contributed by atoms with Gasteiger partial charge in [0.1, 0.15) is 5.75 Å². The van der Waals surface area contributed by atoms with Crippen LogP contribution in [-0.4, -0.2) is 64.4 Å². The first-order valence-corrected chi connectivity index (χ1v) is 14.7. The molecule has 0 amide bonds. The fourth-order valence-corrected chi connectivity index (χ4v) is 2.59. The van der Waals surface area contributed by atoms with Crippen LogP contribution >= 0.6 is 0 Å². The van der Waals surface area contributed by atoms with Crippen molar-refractivity contribution in [1.29, 1.82) is 0 Å². The molecule has 2 rings (SSSR count). The average Bonchev–Trinajstić information content (AvgIpc) is 2.51. The third kappa shape index (κ3) is 28.1. The zero-order valence-electron chi connectivity index (χ0n) is 17.1. The Balaban J connectivity index is 0. The van der Waals surface area contributed by atoms with Crippen molar-refractivity contribution in [1.82, 2.24) is 0 Å². The number of hydrogen-bond acceptors (Lipinski definition) is 8. The monoisotopic (exact) mass is 536 g/mol. The Kier molecular flexibility index (Phi) is 13.7. The van der Waals surface area contributed by atoms with E-state index in [1.807, 2.05) is 6.92 Å². The van der Waals surface area contributed by atoms with Gasteiger partial charge in [0.25, 0.3) is 40.5 Å². The maximum atomic E-state index is 10.5. The summed E-state index contributed by atoms with van der Waals surface area (Å²) in [5, 5.41) is 0. The lowest BCUT2D eigenvalue weighted by molar-refractivity contribution is 0.480. The fourth-order valence-electron chi connectivity index (χ4n) is 1.50. The molecule has 184 valence electrons. The minimum atomic E-state index is -4.02. The van der Waals surface area contributed by atoms with Gasteiger partial charge in [-0.15, -0.1) is 0 Å². The normalized spacial score (nSPS) is 11.5. The van der Waals surface area contributed by atoms with E-state index in [1.54, 1.807) is 42.5 Å². The molecule has 0 saturated heterocycles. The maximum absolute atomic E-state index is 10.5. The molecule has 32 heavy (non-hydrogen) atoms. The zero-order valence-corrected chi connectivity index (χ0v) is 20.4. The molecule has 0 spiro atoms. The Morgan fingerprint density at radius 1 is 0.625 bits per heavy atom. The van der Waals surface area contributed by atoms with Gasteiger partial charge in [0.15, 0.2) is 0 Å². The lowest BCUT2D eigenvalue weighted by atomic mass is 10.2. The van der Waals surface area contributed by atoms with Gasteiger partial charge < -0.3 is 0 Å². The molecule has 0 unspecified atom stereocenters. The summed E-state index contributed by atoms with van der Waals surface area (Å²) >= 11 is 0. The van der Waals surface area contributed by atoms with Crippen molar-refractivity contribution in [3.8, 4) is 0 Å². The first-order chi connectivity index (χ1) is 14.1. The van der Waals surface area contributed by atoms with Crippen LogP contribution in [0, 0.1) is 6.92 Å². The van der Waals surface area contributed by atoms with Crippen LogP contribution in [0.15, 0.2) is 59.5 Å². The van der Waals surface area contributed by atoms with Gasteiger partial charge in [0.2, 0.25) is 0 Å². The van der Waals surface area contributed by atoms with Crippen LogP contribution in [0.25, 0.3) is 0 Å². The molecule has 2 aromatic rings. The summed E-state index contributed by atoms with van der Waals surface area (Å²) in [6, 6.07) is 14.5. The van der Waals surface area contributed by atoms with Crippen molar-refractivity contribution in [3.63, 3.8) is 0 Å². The molecule has 0 atom stereocenters. The van der Waals surface area contributed by atoms with E-state index < -0.39 is 40.5 Å². The van der Waals surface area contributed by atoms with Gasteiger partial charge in [-0.05, 0) is 24.6 Å². The highest BCUT2D eigenvalue weighted by Gasteiger charge is 2.07. The minimum absolute atomic E-state index is 0.0666. The van der Waals surface area contributed by atoms with Gasteiger partial charge in [-0.1, -0.05) is 48.0 Å². The largest absolute Gasteiger partial charge is 0.294 e. The molecule has 0 aliphatic carbocycles. The molecule has 4 N–H and O–H groups in total. The molecule has 0 aliphatic rings. The Hall–Kier alpha value is -1.92. The van der Waals surface area contributed by atoms with Gasteiger partial charge in [-0.2, -0.15) is 33.7 Å². The summed E-state index contributed by atoms with van der Waals surface area (Å²) in [6.45, 7) is 1.84. The number of benzene rings is 2. The molecule has 2 aromatic carbocycles. The Morgan fingerprint density at radius 3 is 1.25 bits per heavy atom. The molecule has 0 radical (unpaired) electrons. The van der Waals surface area contributed by atoms with Crippen molar-refractivity contribution < 1.29 is 51.9 Å². The first-order valence-electron chi connectivity index (χ1n) is 7.96. The Labute approximate surface area is 187 Å². The summed E-state index contributed by atoms with van der Waals surface area (Å²) < 4.78 is 110. The number of aryl methyl sites for hydroxylation is 1. The van der Waals surface area contributed by atoms with Crippen LogP contribution in [-0.2, 0) is 46.2 Å². The number of hydrogen-bond donors (Lipinski definition) is 4. The van der Waals surface area contributed by atoms with Crippen LogP contribution in [0.1, 0.15) is 11.1 Å². The molecular formula is C16H24O12S4. The predicted octanol–water partition coefficient (Wildman–Crippen LogP) is 1.32. The quantitative estimate of drug-likeness (QED) is 0.408. The Morgan fingerprint density at radius 2 is 0.969 bits per heavy atom. The summed E-state index contributed by atoms with van der Waals surface area (Å²) in [5.41, 5.74) is 1.55. The third-order valence-electron chi connectivity index (χ3n) is 2.51. The zero-order chi connectivity index (χ0) is 25.8. The summed E-state index contributed by atoms with van der Waals surface area (Å²) in [6.07, 6.45) is 1.43. The average molecular weight is 537 g/mol. The highest BCUT2D eigenvalue weighted by atomic mass is 32.2. The smallest absolute Gasteiger partial charge is 0.286 e. The maximum Gasteiger partial charge on any atom is 0.294 e. The van der Waals surface area contributed by atoms with Crippen molar-refractivity contribution in [3.05, 3.63) is 65.7 Å². The van der Waals surface area contributed by atoms with Crippen LogP contribution in [0.4, 0.5) is 0 Å². The molecule has 0 fully saturated rings. The Bertz CT molecular complexity index is 1190. The highest BCUT2D eigenvalue weighted by molar-refractivity contribution is 7.86. The molecule has 0 aliphatic heterocycles. The molecule has 0 saturated carbocycles. The van der Waals surface area contributed by atoms with Gasteiger partial charge in [0, 0.05) is 0 Å². The van der Waals surface area contributed by atoms with Crippen LogP contribution in [0.2, 0.25) is 0 Å². The van der Waals surface area contributed by atoms with Gasteiger partial charge in [0.05, 0.1) is 17.4 Å². The van der Waals surface area contributed by atoms with Gasteiger partial charge >= 0.3 is 0 Å². The summed E-state index contributed by atoms with van der Waals surface area (Å²) in [7, 11) is -15.2. The van der Waals surface area contributed by atoms with Crippen molar-refractivity contribution in [2.45, 2.75) is 17.6 Å². The van der Waals surface area contributed by atoms with Crippen molar-refractivity contribution >= 4 is 40.5 Å². The molecule has 0 aromatic heterocycles. The van der Waals surface area contributed by atoms with E-state index in [0.717, 1.165) is 5.56 Å². The summed E-state index contributed by atoms with van der Waals surface area (Å²) in [4.78, 5) is -0.0666. The fraction of sp³-hybridized carbons (Fsp3) is 0.250. The van der Waals surface area contributed by atoms with E-state index >= 15 is 0 Å². The van der Waals surface area contributed by atoms with E-state index in [9.17, 15) is 33.7 Å². The van der Waals surface area contributed by atoms with E-state index in [0.29, 0.717) is 18.1 Å². The van der Waals surface area contributed by atoms with E-state index in [-0.39, 0.29) is 10.6 Å². The standard InChI is InChI=1S/2C7H8O3S.2CH4O3S/c1-6-2-4-7(5-3-6)11(8,9)10;8-11(9,10)6-7-4-2-1-3-5-7;2*1-5(2,3)4/h2-5H,1H3,(H,8,9,10);1-5H,6H2,(H,8,9,10);2*1H3,(H,2,3,4). The van der Waals surface area contributed by atoms with Crippen LogP contribution in [0.3, 0.4) is 0 Å².